The monoisotopic (exact) mass is 363 g/mol. The van der Waals surface area contributed by atoms with Gasteiger partial charge in [-0.05, 0) is 46.3 Å². The first kappa shape index (κ1) is 14.0. The maximum absolute atomic E-state index is 11.9. The average Bonchev–Trinajstić information content (AvgIpc) is 3.06. The van der Waals surface area contributed by atoms with Crippen LogP contribution in [0, 0.1) is 0 Å². The largest absolute Gasteiger partial charge is 0.496 e. The quantitative estimate of drug-likeness (QED) is 0.614. The maximum Gasteiger partial charge on any atom is 0.363 e. The molecule has 0 saturated heterocycles. The minimum absolute atomic E-state index is 0.263. The van der Waals surface area contributed by atoms with Crippen LogP contribution in [-0.4, -0.2) is 19.0 Å². The lowest BCUT2D eigenvalue weighted by Gasteiger charge is -2.05. The Balaban J connectivity index is 1.97. The molecule has 0 saturated carbocycles. The lowest BCUT2D eigenvalue weighted by molar-refractivity contribution is -0.129. The summed E-state index contributed by atoms with van der Waals surface area (Å²) in [6, 6.07) is 11.1. The van der Waals surface area contributed by atoms with E-state index in [1.807, 2.05) is 24.3 Å². The van der Waals surface area contributed by atoms with E-state index < -0.39 is 5.97 Å². The van der Waals surface area contributed by atoms with Crippen molar-refractivity contribution in [1.82, 2.24) is 0 Å². The molecule has 0 amide bonds. The molecule has 1 aromatic carbocycles. The zero-order valence-corrected chi connectivity index (χ0v) is 13.4. The van der Waals surface area contributed by atoms with Crippen molar-refractivity contribution in [2.45, 2.75) is 0 Å². The molecule has 1 aromatic heterocycles. The van der Waals surface area contributed by atoms with Gasteiger partial charge in [0.1, 0.15) is 5.75 Å². The second-order valence-corrected chi connectivity index (χ2v) is 6.67. The third-order valence-corrected chi connectivity index (χ3v) is 4.40. The molecule has 21 heavy (non-hydrogen) atoms. The number of cyclic esters (lactones) is 1. The van der Waals surface area contributed by atoms with Crippen LogP contribution < -0.4 is 4.74 Å². The Labute approximate surface area is 133 Å². The number of carbonyl (C=O) groups is 1. The summed E-state index contributed by atoms with van der Waals surface area (Å²) in [7, 11) is 1.57. The highest BCUT2D eigenvalue weighted by atomic mass is 79.9. The number of carbonyl (C=O) groups excluding carboxylic acids is 1. The van der Waals surface area contributed by atoms with Gasteiger partial charge in [-0.25, -0.2) is 9.79 Å². The van der Waals surface area contributed by atoms with Gasteiger partial charge in [-0.1, -0.05) is 12.1 Å². The molecular weight excluding hydrogens is 354 g/mol. The van der Waals surface area contributed by atoms with Crippen molar-refractivity contribution >= 4 is 45.2 Å². The summed E-state index contributed by atoms with van der Waals surface area (Å²) in [4.78, 5) is 17.1. The first-order valence-electron chi connectivity index (χ1n) is 6.08. The molecule has 1 aliphatic heterocycles. The van der Waals surface area contributed by atoms with Crippen LogP contribution in [0.25, 0.3) is 6.08 Å². The van der Waals surface area contributed by atoms with Gasteiger partial charge < -0.3 is 9.47 Å². The summed E-state index contributed by atoms with van der Waals surface area (Å²) < 4.78 is 11.5. The molecule has 0 N–H and O–H groups in total. The van der Waals surface area contributed by atoms with Gasteiger partial charge in [-0.15, -0.1) is 11.3 Å². The highest BCUT2D eigenvalue weighted by Gasteiger charge is 2.26. The minimum Gasteiger partial charge on any atom is -0.496 e. The van der Waals surface area contributed by atoms with Crippen LogP contribution in [0.5, 0.6) is 5.75 Å². The second-order valence-electron chi connectivity index (χ2n) is 4.18. The van der Waals surface area contributed by atoms with Crippen LogP contribution in [-0.2, 0) is 9.53 Å². The molecule has 1 aliphatic rings. The summed E-state index contributed by atoms with van der Waals surface area (Å²) in [5.74, 6) is 0.420. The number of rotatable bonds is 3. The van der Waals surface area contributed by atoms with Gasteiger partial charge in [0.05, 0.1) is 16.5 Å². The number of esters is 1. The molecule has 0 fully saturated rings. The van der Waals surface area contributed by atoms with Gasteiger partial charge in [-0.3, -0.25) is 0 Å². The zero-order chi connectivity index (χ0) is 14.8. The Morgan fingerprint density at radius 3 is 2.81 bits per heavy atom. The third kappa shape index (κ3) is 2.91. The Morgan fingerprint density at radius 2 is 2.10 bits per heavy atom. The molecule has 3 rings (SSSR count). The molecule has 6 heteroatoms. The van der Waals surface area contributed by atoms with Crippen LogP contribution in [0.3, 0.4) is 0 Å². The van der Waals surface area contributed by atoms with E-state index in [2.05, 4.69) is 20.9 Å². The van der Waals surface area contributed by atoms with Crippen molar-refractivity contribution in [1.29, 1.82) is 0 Å². The summed E-state index contributed by atoms with van der Waals surface area (Å²) in [6.07, 6.45) is 1.71. The molecule has 0 atom stereocenters. The van der Waals surface area contributed by atoms with Crippen molar-refractivity contribution in [2.24, 2.45) is 4.99 Å². The summed E-state index contributed by atoms with van der Waals surface area (Å²) in [5, 5.41) is 0. The summed E-state index contributed by atoms with van der Waals surface area (Å²) in [5.41, 5.74) is 0.939. The number of benzene rings is 1. The third-order valence-electron chi connectivity index (χ3n) is 2.83. The molecule has 0 unspecified atom stereocenters. The van der Waals surface area contributed by atoms with Crippen molar-refractivity contribution in [2.75, 3.05) is 7.11 Å². The maximum atomic E-state index is 11.9. The zero-order valence-electron chi connectivity index (χ0n) is 11.0. The van der Waals surface area contributed by atoms with Crippen molar-refractivity contribution in [3.8, 4) is 5.75 Å². The van der Waals surface area contributed by atoms with E-state index in [4.69, 9.17) is 9.47 Å². The van der Waals surface area contributed by atoms with Gasteiger partial charge in [-0.2, -0.15) is 0 Å². The van der Waals surface area contributed by atoms with E-state index in [1.165, 1.54) is 11.3 Å². The fraction of sp³-hybridized carbons (Fsp3) is 0.0667. The smallest absolute Gasteiger partial charge is 0.363 e. The number of aliphatic imine (C=N–C) groups is 1. The van der Waals surface area contributed by atoms with Gasteiger partial charge in [0.15, 0.2) is 5.70 Å². The van der Waals surface area contributed by atoms with Crippen LogP contribution in [0.1, 0.15) is 10.4 Å². The Morgan fingerprint density at radius 1 is 1.29 bits per heavy atom. The van der Waals surface area contributed by atoms with E-state index >= 15 is 0 Å². The first-order valence-corrected chi connectivity index (χ1v) is 7.69. The number of nitrogens with zero attached hydrogens (tertiary/aromatic N) is 1. The van der Waals surface area contributed by atoms with Crippen molar-refractivity contribution in [3.05, 3.63) is 56.3 Å². The lowest BCUT2D eigenvalue weighted by Crippen LogP contribution is -2.06. The van der Waals surface area contributed by atoms with Crippen LogP contribution in [0.2, 0.25) is 0 Å². The fourth-order valence-corrected chi connectivity index (χ4v) is 3.25. The van der Waals surface area contributed by atoms with Gasteiger partial charge in [0.2, 0.25) is 5.90 Å². The molecule has 0 radical (unpaired) electrons. The highest BCUT2D eigenvalue weighted by Crippen LogP contribution is 2.28. The normalized spacial score (nSPS) is 16.0. The van der Waals surface area contributed by atoms with Crippen LogP contribution >= 0.6 is 27.3 Å². The SMILES string of the molecule is COc1ccccc1C1=NC(=Cc2ccc(Br)s2)C(=O)O1. The molecule has 0 aliphatic carbocycles. The van der Waals surface area contributed by atoms with Gasteiger partial charge in [0.25, 0.3) is 0 Å². The number of ether oxygens (including phenoxy) is 2. The van der Waals surface area contributed by atoms with E-state index in [0.717, 1.165) is 8.66 Å². The van der Waals surface area contributed by atoms with Crippen LogP contribution in [0.15, 0.2) is 50.9 Å². The number of thiophene rings is 1. The van der Waals surface area contributed by atoms with E-state index in [1.54, 1.807) is 25.3 Å². The molecule has 2 aromatic rings. The number of hydrogen-bond donors (Lipinski definition) is 0. The minimum atomic E-state index is -0.458. The standard InChI is InChI=1S/C15H10BrNO3S/c1-19-12-5-3-2-4-10(12)14-17-11(15(18)20-14)8-9-6-7-13(16)21-9/h2-8H,1H3. The molecule has 106 valence electrons. The number of methoxy groups -OCH3 is 1. The van der Waals surface area contributed by atoms with Crippen molar-refractivity contribution in [3.63, 3.8) is 0 Å². The van der Waals surface area contributed by atoms with E-state index in [0.29, 0.717) is 11.3 Å². The molecule has 0 spiro atoms. The highest BCUT2D eigenvalue weighted by molar-refractivity contribution is 9.11. The lowest BCUT2D eigenvalue weighted by atomic mass is 10.2. The number of hydrogen-bond acceptors (Lipinski definition) is 5. The van der Waals surface area contributed by atoms with Gasteiger partial charge >= 0.3 is 5.97 Å². The van der Waals surface area contributed by atoms with Gasteiger partial charge in [0, 0.05) is 4.88 Å². The molecule has 0 bridgehead atoms. The number of para-hydroxylation sites is 1. The first-order chi connectivity index (χ1) is 10.2. The Kier molecular flexibility index (Phi) is 3.90. The Hall–Kier alpha value is -1.92. The Bertz CT molecular complexity index is 764. The van der Waals surface area contributed by atoms with Crippen molar-refractivity contribution < 1.29 is 14.3 Å². The molecular formula is C15H10BrNO3S. The molecule has 4 nitrogen and oxygen atoms in total. The predicted octanol–water partition coefficient (Wildman–Crippen LogP) is 3.86. The van der Waals surface area contributed by atoms with E-state index in [9.17, 15) is 4.79 Å². The molecule has 2 heterocycles. The fourth-order valence-electron chi connectivity index (χ4n) is 1.89. The summed E-state index contributed by atoms with van der Waals surface area (Å²) >= 11 is 4.90. The van der Waals surface area contributed by atoms with E-state index in [-0.39, 0.29) is 11.6 Å². The average molecular weight is 364 g/mol. The van der Waals surface area contributed by atoms with Crippen LogP contribution in [0.4, 0.5) is 0 Å². The predicted molar refractivity (Wildman–Crippen MR) is 85.6 cm³/mol. The number of halogens is 1. The second kappa shape index (κ2) is 5.83. The topological polar surface area (TPSA) is 47.9 Å². The summed E-state index contributed by atoms with van der Waals surface area (Å²) in [6.45, 7) is 0.